The van der Waals surface area contributed by atoms with Crippen molar-refractivity contribution in [1.29, 1.82) is 0 Å². The number of carbonyl (C=O) groups is 3. The number of benzene rings is 2. The van der Waals surface area contributed by atoms with Crippen LogP contribution in [-0.2, 0) is 16.1 Å². The molecule has 0 aliphatic carbocycles. The lowest BCUT2D eigenvalue weighted by atomic mass is 10.1. The van der Waals surface area contributed by atoms with Crippen molar-refractivity contribution in [3.63, 3.8) is 0 Å². The van der Waals surface area contributed by atoms with E-state index in [-0.39, 0.29) is 31.4 Å². The van der Waals surface area contributed by atoms with Crippen LogP contribution in [0.5, 0.6) is 11.5 Å². The quantitative estimate of drug-likeness (QED) is 0.613. The zero-order chi connectivity index (χ0) is 18.5. The Morgan fingerprint density at radius 3 is 2.42 bits per heavy atom. The third kappa shape index (κ3) is 4.38. The third-order valence-electron chi connectivity index (χ3n) is 3.82. The summed E-state index contributed by atoms with van der Waals surface area (Å²) >= 11 is 0. The Labute approximate surface area is 150 Å². The Morgan fingerprint density at radius 2 is 1.69 bits per heavy atom. The molecular weight excluding hydrogens is 336 g/mol. The van der Waals surface area contributed by atoms with Crippen LogP contribution in [0.4, 0.5) is 5.69 Å². The maximum Gasteiger partial charge on any atom is 0.233 e. The predicted molar refractivity (Wildman–Crippen MR) is 94.1 cm³/mol. The minimum Gasteiger partial charge on any atom is -0.454 e. The highest BCUT2D eigenvalue weighted by Gasteiger charge is 2.14. The maximum absolute atomic E-state index is 11.9. The Balaban J connectivity index is 1.46. The van der Waals surface area contributed by atoms with E-state index in [1.54, 1.807) is 36.4 Å². The SMILES string of the molecule is CC(=O)c1ccc(NC(=O)CC(=O)NCc2ccc3c(c2)OCO3)cc1. The molecule has 2 aromatic carbocycles. The first-order valence-corrected chi connectivity index (χ1v) is 8.07. The number of amides is 2. The van der Waals surface area contributed by atoms with Crippen LogP contribution in [0.2, 0.25) is 0 Å². The van der Waals surface area contributed by atoms with E-state index >= 15 is 0 Å². The smallest absolute Gasteiger partial charge is 0.233 e. The molecule has 7 heteroatoms. The first kappa shape index (κ1) is 17.5. The van der Waals surface area contributed by atoms with E-state index in [4.69, 9.17) is 9.47 Å². The van der Waals surface area contributed by atoms with Gasteiger partial charge in [0.15, 0.2) is 17.3 Å². The number of carbonyl (C=O) groups excluding carboxylic acids is 3. The number of hydrogen-bond acceptors (Lipinski definition) is 5. The van der Waals surface area contributed by atoms with Gasteiger partial charge in [0.05, 0.1) is 0 Å². The van der Waals surface area contributed by atoms with Crippen LogP contribution < -0.4 is 20.1 Å². The standard InChI is InChI=1S/C19H18N2O5/c1-12(22)14-3-5-15(6-4-14)21-19(24)9-18(23)20-10-13-2-7-16-17(8-13)26-11-25-16/h2-8H,9-11H2,1H3,(H,20,23)(H,21,24). The average Bonchev–Trinajstić information content (AvgIpc) is 3.08. The van der Waals surface area contributed by atoms with Crippen LogP contribution in [0.3, 0.4) is 0 Å². The maximum atomic E-state index is 11.9. The fraction of sp³-hybridized carbons (Fsp3) is 0.211. The summed E-state index contributed by atoms with van der Waals surface area (Å²) in [6.45, 7) is 1.95. The average molecular weight is 354 g/mol. The molecule has 0 aromatic heterocycles. The van der Waals surface area contributed by atoms with Crippen molar-refractivity contribution in [2.75, 3.05) is 12.1 Å². The van der Waals surface area contributed by atoms with E-state index in [1.807, 2.05) is 6.07 Å². The van der Waals surface area contributed by atoms with Gasteiger partial charge in [0, 0.05) is 17.8 Å². The van der Waals surface area contributed by atoms with E-state index in [2.05, 4.69) is 10.6 Å². The number of Topliss-reactive ketones (excluding diaryl/α,β-unsaturated/α-hetero) is 1. The van der Waals surface area contributed by atoms with Crippen molar-refractivity contribution in [1.82, 2.24) is 5.32 Å². The minimum absolute atomic E-state index is 0.0502. The van der Waals surface area contributed by atoms with Crippen molar-refractivity contribution >= 4 is 23.3 Å². The second kappa shape index (κ2) is 7.69. The molecule has 1 aliphatic rings. The van der Waals surface area contributed by atoms with Crippen LogP contribution >= 0.6 is 0 Å². The molecule has 134 valence electrons. The number of ether oxygens (including phenoxy) is 2. The van der Waals surface area contributed by atoms with Gasteiger partial charge in [-0.3, -0.25) is 14.4 Å². The van der Waals surface area contributed by atoms with Gasteiger partial charge in [-0.25, -0.2) is 0 Å². The zero-order valence-corrected chi connectivity index (χ0v) is 14.2. The molecule has 0 radical (unpaired) electrons. The summed E-state index contributed by atoms with van der Waals surface area (Å²) in [7, 11) is 0. The molecule has 3 rings (SSSR count). The lowest BCUT2D eigenvalue weighted by Gasteiger charge is -2.08. The predicted octanol–water partition coefficient (Wildman–Crippen LogP) is 2.26. The summed E-state index contributed by atoms with van der Waals surface area (Å²) in [5, 5.41) is 5.31. The molecule has 2 amide bonds. The first-order valence-electron chi connectivity index (χ1n) is 8.07. The van der Waals surface area contributed by atoms with Crippen LogP contribution in [0, 0.1) is 0 Å². The van der Waals surface area contributed by atoms with Gasteiger partial charge in [-0.15, -0.1) is 0 Å². The van der Waals surface area contributed by atoms with Gasteiger partial charge in [0.25, 0.3) is 0 Å². The molecule has 0 fully saturated rings. The molecule has 0 unspecified atom stereocenters. The Kier molecular flexibility index (Phi) is 5.17. The highest BCUT2D eigenvalue weighted by atomic mass is 16.7. The summed E-state index contributed by atoms with van der Waals surface area (Å²) in [6.07, 6.45) is -0.293. The molecule has 7 nitrogen and oxygen atoms in total. The summed E-state index contributed by atoms with van der Waals surface area (Å²) in [6, 6.07) is 11.9. The fourth-order valence-corrected chi connectivity index (χ4v) is 2.45. The lowest BCUT2D eigenvalue weighted by molar-refractivity contribution is -0.126. The topological polar surface area (TPSA) is 93.7 Å². The third-order valence-corrected chi connectivity index (χ3v) is 3.82. The van der Waals surface area contributed by atoms with E-state index in [0.29, 0.717) is 22.7 Å². The molecule has 0 spiro atoms. The second-order valence-electron chi connectivity index (χ2n) is 5.82. The minimum atomic E-state index is -0.427. The molecule has 0 saturated carbocycles. The van der Waals surface area contributed by atoms with Gasteiger partial charge in [-0.2, -0.15) is 0 Å². The fourth-order valence-electron chi connectivity index (χ4n) is 2.45. The van der Waals surface area contributed by atoms with Crippen LogP contribution in [-0.4, -0.2) is 24.4 Å². The van der Waals surface area contributed by atoms with Crippen LogP contribution in [0.25, 0.3) is 0 Å². The highest BCUT2D eigenvalue weighted by molar-refractivity contribution is 6.03. The number of anilines is 1. The van der Waals surface area contributed by atoms with Crippen molar-refractivity contribution in [3.05, 3.63) is 53.6 Å². The van der Waals surface area contributed by atoms with Gasteiger partial charge in [0.2, 0.25) is 18.6 Å². The molecule has 0 bridgehead atoms. The number of nitrogens with one attached hydrogen (secondary N) is 2. The van der Waals surface area contributed by atoms with E-state index < -0.39 is 5.91 Å². The van der Waals surface area contributed by atoms with Crippen LogP contribution in [0.1, 0.15) is 29.3 Å². The summed E-state index contributed by atoms with van der Waals surface area (Å²) in [5.74, 6) is 0.453. The monoisotopic (exact) mass is 354 g/mol. The zero-order valence-electron chi connectivity index (χ0n) is 14.2. The van der Waals surface area contributed by atoms with Crippen LogP contribution in [0.15, 0.2) is 42.5 Å². The molecule has 1 heterocycles. The molecule has 0 atom stereocenters. The molecule has 2 aromatic rings. The van der Waals surface area contributed by atoms with Gasteiger partial charge < -0.3 is 20.1 Å². The molecular formula is C19H18N2O5. The van der Waals surface area contributed by atoms with Crippen molar-refractivity contribution in [2.45, 2.75) is 19.9 Å². The Morgan fingerprint density at radius 1 is 0.962 bits per heavy atom. The lowest BCUT2D eigenvalue weighted by Crippen LogP contribution is -2.27. The van der Waals surface area contributed by atoms with Crippen molar-refractivity contribution in [2.24, 2.45) is 0 Å². The highest BCUT2D eigenvalue weighted by Crippen LogP contribution is 2.32. The molecule has 0 saturated heterocycles. The summed E-state index contributed by atoms with van der Waals surface area (Å²) < 4.78 is 10.5. The first-order chi connectivity index (χ1) is 12.5. The van der Waals surface area contributed by atoms with Gasteiger partial charge in [-0.1, -0.05) is 6.07 Å². The number of ketones is 1. The van der Waals surface area contributed by atoms with Gasteiger partial charge in [-0.05, 0) is 48.9 Å². The molecule has 1 aliphatic heterocycles. The van der Waals surface area contributed by atoms with E-state index in [0.717, 1.165) is 5.56 Å². The van der Waals surface area contributed by atoms with Gasteiger partial charge >= 0.3 is 0 Å². The second-order valence-corrected chi connectivity index (χ2v) is 5.82. The molecule has 26 heavy (non-hydrogen) atoms. The van der Waals surface area contributed by atoms with E-state index in [1.165, 1.54) is 6.92 Å². The number of hydrogen-bond donors (Lipinski definition) is 2. The van der Waals surface area contributed by atoms with E-state index in [9.17, 15) is 14.4 Å². The number of rotatable bonds is 6. The number of fused-ring (bicyclic) bond motifs is 1. The van der Waals surface area contributed by atoms with Crippen molar-refractivity contribution in [3.8, 4) is 11.5 Å². The molecule has 2 N–H and O–H groups in total. The summed E-state index contributed by atoms with van der Waals surface area (Å²) in [4.78, 5) is 35.1. The normalized spacial score (nSPS) is 11.7. The summed E-state index contributed by atoms with van der Waals surface area (Å²) in [5.41, 5.74) is 1.94. The van der Waals surface area contributed by atoms with Gasteiger partial charge in [0.1, 0.15) is 6.42 Å². The Bertz CT molecular complexity index is 846. The largest absolute Gasteiger partial charge is 0.454 e. The Hall–Kier alpha value is -3.35. The van der Waals surface area contributed by atoms with Crippen molar-refractivity contribution < 1.29 is 23.9 Å².